The van der Waals surface area contributed by atoms with Crippen molar-refractivity contribution in [3.8, 4) is 17.2 Å². The molecule has 0 amide bonds. The summed E-state index contributed by atoms with van der Waals surface area (Å²) in [6, 6.07) is 13.4. The third-order valence-electron chi connectivity index (χ3n) is 3.97. The second-order valence-corrected chi connectivity index (χ2v) is 7.62. The SMILES string of the molecule is C=CCOc1c(Br)cc(Br)cc1C=Nc1c(-c2ccco2)nc2ccccn12. The van der Waals surface area contributed by atoms with Crippen molar-refractivity contribution in [1.29, 1.82) is 0 Å². The number of aliphatic imine (C=N–C) groups is 1. The summed E-state index contributed by atoms with van der Waals surface area (Å²) in [5.74, 6) is 2.03. The highest BCUT2D eigenvalue weighted by Crippen LogP contribution is 2.34. The Balaban J connectivity index is 1.84. The summed E-state index contributed by atoms with van der Waals surface area (Å²) in [7, 11) is 0. The molecule has 140 valence electrons. The van der Waals surface area contributed by atoms with E-state index in [1.54, 1.807) is 18.6 Å². The summed E-state index contributed by atoms with van der Waals surface area (Å²) in [4.78, 5) is 9.41. The first kappa shape index (κ1) is 18.7. The molecule has 0 aliphatic heterocycles. The second kappa shape index (κ2) is 8.16. The van der Waals surface area contributed by atoms with E-state index in [4.69, 9.17) is 14.1 Å². The van der Waals surface area contributed by atoms with Gasteiger partial charge in [-0.15, -0.1) is 0 Å². The molecule has 28 heavy (non-hydrogen) atoms. The van der Waals surface area contributed by atoms with E-state index in [-0.39, 0.29) is 0 Å². The quantitative estimate of drug-likeness (QED) is 0.226. The van der Waals surface area contributed by atoms with Crippen LogP contribution in [0.5, 0.6) is 5.75 Å². The molecule has 4 aromatic rings. The maximum Gasteiger partial charge on any atom is 0.168 e. The molecule has 3 heterocycles. The van der Waals surface area contributed by atoms with Gasteiger partial charge in [0.25, 0.3) is 0 Å². The normalized spacial score (nSPS) is 11.4. The number of aromatic nitrogens is 2. The number of halogens is 2. The molecule has 0 saturated carbocycles. The average Bonchev–Trinajstić information content (AvgIpc) is 3.33. The zero-order chi connectivity index (χ0) is 19.5. The molecule has 0 saturated heterocycles. The van der Waals surface area contributed by atoms with E-state index in [0.717, 1.165) is 20.2 Å². The van der Waals surface area contributed by atoms with Crippen LogP contribution in [0, 0.1) is 0 Å². The molecule has 0 atom stereocenters. The molecule has 7 heteroatoms. The fourth-order valence-electron chi connectivity index (χ4n) is 2.79. The predicted molar refractivity (Wildman–Crippen MR) is 118 cm³/mol. The van der Waals surface area contributed by atoms with Gasteiger partial charge in [-0.3, -0.25) is 4.40 Å². The monoisotopic (exact) mass is 499 g/mol. The minimum absolute atomic E-state index is 0.397. The van der Waals surface area contributed by atoms with Crippen LogP contribution in [0.2, 0.25) is 0 Å². The molecule has 0 radical (unpaired) electrons. The highest BCUT2D eigenvalue weighted by atomic mass is 79.9. The Morgan fingerprint density at radius 2 is 2.11 bits per heavy atom. The zero-order valence-corrected chi connectivity index (χ0v) is 17.9. The molecule has 0 aliphatic rings. The molecule has 3 aromatic heterocycles. The predicted octanol–water partition coefficient (Wildman–Crippen LogP) is 6.43. The lowest BCUT2D eigenvalue weighted by Crippen LogP contribution is -1.98. The van der Waals surface area contributed by atoms with Crippen molar-refractivity contribution in [3.63, 3.8) is 0 Å². The molecular weight excluding hydrogens is 486 g/mol. The average molecular weight is 501 g/mol. The van der Waals surface area contributed by atoms with Crippen LogP contribution in [0.25, 0.3) is 17.1 Å². The van der Waals surface area contributed by atoms with E-state index in [2.05, 4.69) is 43.4 Å². The number of benzene rings is 1. The number of ether oxygens (including phenoxy) is 1. The number of pyridine rings is 1. The number of imidazole rings is 1. The Hall–Kier alpha value is -2.64. The number of hydrogen-bond donors (Lipinski definition) is 0. The molecule has 5 nitrogen and oxygen atoms in total. The molecule has 0 N–H and O–H groups in total. The largest absolute Gasteiger partial charge is 0.488 e. The summed E-state index contributed by atoms with van der Waals surface area (Å²) in [6.07, 6.45) is 7.01. The molecule has 0 aliphatic carbocycles. The van der Waals surface area contributed by atoms with Crippen LogP contribution >= 0.6 is 31.9 Å². The molecule has 0 unspecified atom stereocenters. The van der Waals surface area contributed by atoms with Gasteiger partial charge in [-0.1, -0.05) is 34.7 Å². The van der Waals surface area contributed by atoms with Crippen LogP contribution in [0.1, 0.15) is 5.56 Å². The lowest BCUT2D eigenvalue weighted by molar-refractivity contribution is 0.360. The van der Waals surface area contributed by atoms with Crippen molar-refractivity contribution < 1.29 is 9.15 Å². The van der Waals surface area contributed by atoms with Crippen molar-refractivity contribution in [3.05, 3.63) is 82.1 Å². The molecule has 0 bridgehead atoms. The van der Waals surface area contributed by atoms with Crippen LogP contribution in [-0.2, 0) is 0 Å². The molecule has 4 rings (SSSR count). The number of fused-ring (bicyclic) bond motifs is 1. The number of furan rings is 1. The first-order chi connectivity index (χ1) is 13.7. The van der Waals surface area contributed by atoms with Crippen LogP contribution < -0.4 is 4.74 Å². The third kappa shape index (κ3) is 3.68. The fraction of sp³-hybridized carbons (Fsp3) is 0.0476. The first-order valence-electron chi connectivity index (χ1n) is 8.45. The standard InChI is InChI=1S/C21H15Br2N3O2/c1-2-9-28-20-14(11-15(22)12-16(20)23)13-24-21-19(17-6-5-10-27-17)25-18-7-3-4-8-26(18)21/h2-8,10-13H,1,9H2. The maximum atomic E-state index is 5.81. The van der Waals surface area contributed by atoms with Crippen molar-refractivity contribution in [2.24, 2.45) is 4.99 Å². The van der Waals surface area contributed by atoms with Gasteiger partial charge in [-0.25, -0.2) is 9.98 Å². The van der Waals surface area contributed by atoms with Gasteiger partial charge >= 0.3 is 0 Å². The lowest BCUT2D eigenvalue weighted by atomic mass is 10.2. The van der Waals surface area contributed by atoms with Gasteiger partial charge in [0.2, 0.25) is 0 Å². The first-order valence-corrected chi connectivity index (χ1v) is 10.0. The summed E-state index contributed by atoms with van der Waals surface area (Å²) in [5, 5.41) is 0. The van der Waals surface area contributed by atoms with Crippen molar-refractivity contribution in [1.82, 2.24) is 9.38 Å². The fourth-order valence-corrected chi connectivity index (χ4v) is 4.16. The van der Waals surface area contributed by atoms with E-state index < -0.39 is 0 Å². The molecule has 1 aromatic carbocycles. The topological polar surface area (TPSA) is 52.0 Å². The minimum Gasteiger partial charge on any atom is -0.488 e. The summed E-state index contributed by atoms with van der Waals surface area (Å²) in [5.41, 5.74) is 2.29. The lowest BCUT2D eigenvalue weighted by Gasteiger charge is -2.10. The van der Waals surface area contributed by atoms with Crippen LogP contribution in [-0.4, -0.2) is 22.2 Å². The van der Waals surface area contributed by atoms with Crippen molar-refractivity contribution in [2.75, 3.05) is 6.61 Å². The number of rotatable bonds is 6. The van der Waals surface area contributed by atoms with Gasteiger partial charge in [0, 0.05) is 22.4 Å². The van der Waals surface area contributed by atoms with Crippen LogP contribution in [0.3, 0.4) is 0 Å². The number of nitrogens with zero attached hydrogens (tertiary/aromatic N) is 3. The van der Waals surface area contributed by atoms with Gasteiger partial charge in [0.05, 0.1) is 10.7 Å². The second-order valence-electron chi connectivity index (χ2n) is 5.85. The van der Waals surface area contributed by atoms with Crippen molar-refractivity contribution in [2.45, 2.75) is 0 Å². The Morgan fingerprint density at radius 1 is 1.21 bits per heavy atom. The smallest absolute Gasteiger partial charge is 0.168 e. The van der Waals surface area contributed by atoms with E-state index in [0.29, 0.717) is 29.6 Å². The zero-order valence-electron chi connectivity index (χ0n) is 14.7. The highest BCUT2D eigenvalue weighted by molar-refractivity contribution is 9.11. The number of hydrogen-bond acceptors (Lipinski definition) is 4. The van der Waals surface area contributed by atoms with Gasteiger partial charge < -0.3 is 9.15 Å². The Morgan fingerprint density at radius 3 is 2.89 bits per heavy atom. The van der Waals surface area contributed by atoms with Gasteiger partial charge in [-0.05, 0) is 52.3 Å². The van der Waals surface area contributed by atoms with Crippen molar-refractivity contribution >= 4 is 49.5 Å². The van der Waals surface area contributed by atoms with E-state index in [9.17, 15) is 0 Å². The third-order valence-corrected chi connectivity index (χ3v) is 5.01. The Labute approximate surface area is 178 Å². The maximum absolute atomic E-state index is 5.81. The Kier molecular flexibility index (Phi) is 5.45. The summed E-state index contributed by atoms with van der Waals surface area (Å²) >= 11 is 7.07. The molecule has 0 fully saturated rings. The van der Waals surface area contributed by atoms with Crippen LogP contribution in [0.15, 0.2) is 85.9 Å². The minimum atomic E-state index is 0.397. The van der Waals surface area contributed by atoms with Gasteiger partial charge in [0.1, 0.15) is 18.0 Å². The van der Waals surface area contributed by atoms with E-state index in [1.807, 2.05) is 53.1 Å². The van der Waals surface area contributed by atoms with Gasteiger partial charge in [0.15, 0.2) is 17.3 Å². The summed E-state index contributed by atoms with van der Waals surface area (Å²) < 4.78 is 15.0. The van der Waals surface area contributed by atoms with E-state index >= 15 is 0 Å². The highest BCUT2D eigenvalue weighted by Gasteiger charge is 2.16. The summed E-state index contributed by atoms with van der Waals surface area (Å²) in [6.45, 7) is 4.11. The Bertz CT molecular complexity index is 1160. The molecular formula is C21H15Br2N3O2. The van der Waals surface area contributed by atoms with Gasteiger partial charge in [-0.2, -0.15) is 0 Å². The molecule has 0 spiro atoms. The van der Waals surface area contributed by atoms with Crippen LogP contribution in [0.4, 0.5) is 5.82 Å². The van der Waals surface area contributed by atoms with E-state index in [1.165, 1.54) is 0 Å².